The minimum Gasteiger partial charge on any atom is -0.455 e. The summed E-state index contributed by atoms with van der Waals surface area (Å²) >= 11 is 0. The highest BCUT2D eigenvalue weighted by Gasteiger charge is 2.21. The SMILES string of the molecule is c1ccc(-c2nc3ccccn3c2-c2cc(-c3ccc4ccccc4c3)c3oc4ccccc4c3c2)nc1. The fraction of sp³-hybridized carbons (Fsp3) is 0. The number of hydrogen-bond donors (Lipinski definition) is 0. The van der Waals surface area contributed by atoms with E-state index in [0.717, 1.165) is 61.4 Å². The van der Waals surface area contributed by atoms with Gasteiger partial charge in [0.2, 0.25) is 0 Å². The molecule has 0 saturated carbocycles. The van der Waals surface area contributed by atoms with Crippen molar-refractivity contribution in [1.82, 2.24) is 14.4 Å². The Bertz CT molecular complexity index is 2140. The van der Waals surface area contributed by atoms with Crippen LogP contribution in [-0.4, -0.2) is 14.4 Å². The maximum Gasteiger partial charge on any atom is 0.143 e. The van der Waals surface area contributed by atoms with Gasteiger partial charge in [-0.05, 0) is 64.9 Å². The number of pyridine rings is 2. The molecule has 178 valence electrons. The van der Waals surface area contributed by atoms with Gasteiger partial charge in [-0.15, -0.1) is 0 Å². The quantitative estimate of drug-likeness (QED) is 0.250. The summed E-state index contributed by atoms with van der Waals surface area (Å²) in [7, 11) is 0. The van der Waals surface area contributed by atoms with E-state index in [2.05, 4.69) is 82.3 Å². The number of furan rings is 1. The van der Waals surface area contributed by atoms with Gasteiger partial charge in [0.1, 0.15) is 22.5 Å². The summed E-state index contributed by atoms with van der Waals surface area (Å²) in [6.07, 6.45) is 3.88. The Hall–Kier alpha value is -5.22. The average molecular weight is 488 g/mol. The van der Waals surface area contributed by atoms with Crippen LogP contribution in [0.4, 0.5) is 0 Å². The number of hydrogen-bond acceptors (Lipinski definition) is 3. The lowest BCUT2D eigenvalue weighted by Gasteiger charge is -2.11. The van der Waals surface area contributed by atoms with E-state index in [1.54, 1.807) is 0 Å². The van der Waals surface area contributed by atoms with Gasteiger partial charge in [-0.1, -0.05) is 66.7 Å². The molecule has 38 heavy (non-hydrogen) atoms. The normalized spacial score (nSPS) is 11.7. The van der Waals surface area contributed by atoms with Crippen LogP contribution in [0.1, 0.15) is 0 Å². The second-order valence-corrected chi connectivity index (χ2v) is 9.51. The molecule has 0 amide bonds. The molecule has 0 unspecified atom stereocenters. The molecule has 0 atom stereocenters. The van der Waals surface area contributed by atoms with Crippen molar-refractivity contribution in [1.29, 1.82) is 0 Å². The Morgan fingerprint density at radius 1 is 0.632 bits per heavy atom. The van der Waals surface area contributed by atoms with Crippen molar-refractivity contribution in [2.75, 3.05) is 0 Å². The molecule has 0 aliphatic heterocycles. The third-order valence-electron chi connectivity index (χ3n) is 7.25. The average Bonchev–Trinajstić information content (AvgIpc) is 3.56. The van der Waals surface area contributed by atoms with Gasteiger partial charge in [0.25, 0.3) is 0 Å². The smallest absolute Gasteiger partial charge is 0.143 e. The van der Waals surface area contributed by atoms with E-state index in [1.807, 2.05) is 54.7 Å². The summed E-state index contributed by atoms with van der Waals surface area (Å²) in [6.45, 7) is 0. The number of aromatic nitrogens is 3. The molecule has 4 heteroatoms. The van der Waals surface area contributed by atoms with Crippen LogP contribution in [0.25, 0.3) is 72.1 Å². The molecule has 0 saturated heterocycles. The third-order valence-corrected chi connectivity index (χ3v) is 7.25. The third kappa shape index (κ3) is 3.17. The first-order chi connectivity index (χ1) is 18.8. The van der Waals surface area contributed by atoms with Gasteiger partial charge in [0.05, 0.1) is 11.4 Å². The highest BCUT2D eigenvalue weighted by atomic mass is 16.3. The summed E-state index contributed by atoms with van der Waals surface area (Å²) < 4.78 is 8.64. The molecular formula is C34H21N3O. The monoisotopic (exact) mass is 487 g/mol. The van der Waals surface area contributed by atoms with Crippen LogP contribution in [-0.2, 0) is 0 Å². The molecule has 0 radical (unpaired) electrons. The molecule has 0 fully saturated rings. The van der Waals surface area contributed by atoms with Crippen molar-refractivity contribution < 1.29 is 4.42 Å². The molecule has 0 spiro atoms. The Kier molecular flexibility index (Phi) is 4.49. The lowest BCUT2D eigenvalue weighted by molar-refractivity contribution is 0.670. The molecule has 4 aromatic heterocycles. The van der Waals surface area contributed by atoms with Gasteiger partial charge in [0, 0.05) is 34.3 Å². The zero-order valence-corrected chi connectivity index (χ0v) is 20.4. The fourth-order valence-corrected chi connectivity index (χ4v) is 5.49. The minimum absolute atomic E-state index is 0.843. The first-order valence-electron chi connectivity index (χ1n) is 12.7. The van der Waals surface area contributed by atoms with Crippen LogP contribution in [0.3, 0.4) is 0 Å². The topological polar surface area (TPSA) is 43.3 Å². The summed E-state index contributed by atoms with van der Waals surface area (Å²) in [4.78, 5) is 9.66. The number of imidazole rings is 1. The molecular weight excluding hydrogens is 466 g/mol. The Morgan fingerprint density at radius 3 is 2.39 bits per heavy atom. The first-order valence-corrected chi connectivity index (χ1v) is 12.7. The molecule has 4 aromatic carbocycles. The minimum atomic E-state index is 0.843. The van der Waals surface area contributed by atoms with Crippen molar-refractivity contribution in [3.63, 3.8) is 0 Å². The molecule has 4 nitrogen and oxygen atoms in total. The Balaban J connectivity index is 1.49. The standard InChI is InChI=1S/C34H21N3O/c1-2-10-23-19-24(16-15-22(23)9-1)27-20-25(21-28-26-11-3-4-13-30(26)38-34(27)28)33-32(29-12-5-7-17-35-29)36-31-14-6-8-18-37(31)33/h1-21H. The zero-order chi connectivity index (χ0) is 25.1. The van der Waals surface area contributed by atoms with Gasteiger partial charge in [-0.25, -0.2) is 4.98 Å². The lowest BCUT2D eigenvalue weighted by Crippen LogP contribution is -1.92. The molecule has 8 rings (SSSR count). The van der Waals surface area contributed by atoms with E-state index >= 15 is 0 Å². The fourth-order valence-electron chi connectivity index (χ4n) is 5.49. The van der Waals surface area contributed by atoms with Crippen LogP contribution in [0, 0.1) is 0 Å². The van der Waals surface area contributed by atoms with Crippen molar-refractivity contribution in [2.45, 2.75) is 0 Å². The van der Waals surface area contributed by atoms with Crippen molar-refractivity contribution in [3.8, 4) is 33.8 Å². The molecule has 0 bridgehead atoms. The second kappa shape index (κ2) is 8.15. The summed E-state index contributed by atoms with van der Waals surface area (Å²) in [6, 6.07) is 39.8. The van der Waals surface area contributed by atoms with E-state index in [0.29, 0.717) is 0 Å². The number of fused-ring (bicyclic) bond motifs is 5. The van der Waals surface area contributed by atoms with Crippen molar-refractivity contribution in [3.05, 3.63) is 128 Å². The van der Waals surface area contributed by atoms with E-state index in [1.165, 1.54) is 10.8 Å². The highest BCUT2D eigenvalue weighted by Crippen LogP contribution is 2.42. The van der Waals surface area contributed by atoms with E-state index in [4.69, 9.17) is 9.40 Å². The van der Waals surface area contributed by atoms with Crippen LogP contribution >= 0.6 is 0 Å². The van der Waals surface area contributed by atoms with Crippen molar-refractivity contribution in [2.24, 2.45) is 0 Å². The number of benzene rings is 4. The Morgan fingerprint density at radius 2 is 1.47 bits per heavy atom. The maximum atomic E-state index is 6.49. The first kappa shape index (κ1) is 20.9. The van der Waals surface area contributed by atoms with Crippen LogP contribution in [0.5, 0.6) is 0 Å². The molecule has 0 aliphatic carbocycles. The number of nitrogens with zero attached hydrogens (tertiary/aromatic N) is 3. The summed E-state index contributed by atoms with van der Waals surface area (Å²) in [5, 5.41) is 4.59. The van der Waals surface area contributed by atoms with E-state index in [-0.39, 0.29) is 0 Å². The highest BCUT2D eigenvalue weighted by molar-refractivity contribution is 6.12. The van der Waals surface area contributed by atoms with Gasteiger partial charge in [0.15, 0.2) is 0 Å². The summed E-state index contributed by atoms with van der Waals surface area (Å²) in [5.41, 5.74) is 8.58. The number of para-hydroxylation sites is 1. The van der Waals surface area contributed by atoms with Crippen LogP contribution in [0.15, 0.2) is 132 Å². The predicted molar refractivity (Wildman–Crippen MR) is 154 cm³/mol. The lowest BCUT2D eigenvalue weighted by atomic mass is 9.95. The molecule has 0 aliphatic rings. The van der Waals surface area contributed by atoms with E-state index < -0.39 is 0 Å². The predicted octanol–water partition coefficient (Wildman–Crippen LogP) is 8.78. The molecule has 0 N–H and O–H groups in total. The van der Waals surface area contributed by atoms with Gasteiger partial charge < -0.3 is 4.42 Å². The van der Waals surface area contributed by atoms with Gasteiger partial charge in [-0.2, -0.15) is 0 Å². The zero-order valence-electron chi connectivity index (χ0n) is 20.4. The largest absolute Gasteiger partial charge is 0.455 e. The molecule has 4 heterocycles. The van der Waals surface area contributed by atoms with Crippen molar-refractivity contribution >= 4 is 38.4 Å². The maximum absolute atomic E-state index is 6.49. The van der Waals surface area contributed by atoms with Gasteiger partial charge >= 0.3 is 0 Å². The van der Waals surface area contributed by atoms with Gasteiger partial charge in [-0.3, -0.25) is 9.38 Å². The molecule has 8 aromatic rings. The summed E-state index contributed by atoms with van der Waals surface area (Å²) in [5.74, 6) is 0. The second-order valence-electron chi connectivity index (χ2n) is 9.51. The Labute approximate surface area is 218 Å². The number of rotatable bonds is 3. The van der Waals surface area contributed by atoms with Crippen LogP contribution < -0.4 is 0 Å². The van der Waals surface area contributed by atoms with E-state index in [9.17, 15) is 0 Å². The van der Waals surface area contributed by atoms with Crippen LogP contribution in [0.2, 0.25) is 0 Å².